The van der Waals surface area contributed by atoms with Gasteiger partial charge in [-0.05, 0) is 67.6 Å². The molecule has 154 valence electrons. The van der Waals surface area contributed by atoms with Gasteiger partial charge in [0.15, 0.2) is 12.7 Å². The van der Waals surface area contributed by atoms with Crippen LogP contribution in [0.4, 0.5) is 5.69 Å². The highest BCUT2D eigenvalue weighted by molar-refractivity contribution is 9.10. The number of hydrogen-bond acceptors (Lipinski definition) is 5. The SMILES string of the molecule is CC(OC(=O)COc1ccc(Br)cc1)C(=O)Nc1ccc(Oc2ccccc2)cc1. The Hall–Kier alpha value is -3.32. The second kappa shape index (κ2) is 10.5. The molecular formula is C23H20BrNO5. The molecule has 0 aliphatic carbocycles. The zero-order valence-electron chi connectivity index (χ0n) is 16.2. The van der Waals surface area contributed by atoms with Crippen LogP contribution < -0.4 is 14.8 Å². The van der Waals surface area contributed by atoms with Gasteiger partial charge >= 0.3 is 5.97 Å². The summed E-state index contributed by atoms with van der Waals surface area (Å²) < 4.78 is 17.1. The average Bonchev–Trinajstić information content (AvgIpc) is 2.75. The molecule has 1 N–H and O–H groups in total. The van der Waals surface area contributed by atoms with Crippen molar-refractivity contribution in [2.45, 2.75) is 13.0 Å². The van der Waals surface area contributed by atoms with Gasteiger partial charge in [0.1, 0.15) is 17.2 Å². The Bertz CT molecular complexity index is 975. The van der Waals surface area contributed by atoms with Gasteiger partial charge in [0, 0.05) is 10.2 Å². The normalized spacial score (nSPS) is 11.3. The highest BCUT2D eigenvalue weighted by Gasteiger charge is 2.18. The van der Waals surface area contributed by atoms with Crippen molar-refractivity contribution < 1.29 is 23.8 Å². The van der Waals surface area contributed by atoms with E-state index in [1.807, 2.05) is 30.3 Å². The highest BCUT2D eigenvalue weighted by atomic mass is 79.9. The maximum Gasteiger partial charge on any atom is 0.344 e. The molecule has 0 spiro atoms. The van der Waals surface area contributed by atoms with E-state index in [1.165, 1.54) is 6.92 Å². The van der Waals surface area contributed by atoms with E-state index >= 15 is 0 Å². The summed E-state index contributed by atoms with van der Waals surface area (Å²) in [4.78, 5) is 24.2. The summed E-state index contributed by atoms with van der Waals surface area (Å²) in [5, 5.41) is 2.70. The smallest absolute Gasteiger partial charge is 0.344 e. The van der Waals surface area contributed by atoms with E-state index < -0.39 is 18.0 Å². The average molecular weight is 470 g/mol. The second-order valence-corrected chi connectivity index (χ2v) is 7.22. The lowest BCUT2D eigenvalue weighted by Gasteiger charge is -2.14. The summed E-state index contributed by atoms with van der Waals surface area (Å²) in [5.41, 5.74) is 0.564. The van der Waals surface area contributed by atoms with E-state index in [0.717, 1.165) is 10.2 Å². The van der Waals surface area contributed by atoms with Crippen molar-refractivity contribution in [2.24, 2.45) is 0 Å². The fraction of sp³-hybridized carbons (Fsp3) is 0.130. The third-order valence-corrected chi connectivity index (χ3v) is 4.48. The molecule has 7 heteroatoms. The third-order valence-electron chi connectivity index (χ3n) is 3.95. The lowest BCUT2D eigenvalue weighted by Crippen LogP contribution is -2.31. The van der Waals surface area contributed by atoms with Gasteiger partial charge in [-0.1, -0.05) is 34.1 Å². The summed E-state index contributed by atoms with van der Waals surface area (Å²) in [5.74, 6) is 0.824. The molecule has 1 atom stereocenters. The summed E-state index contributed by atoms with van der Waals surface area (Å²) in [6.45, 7) is 1.21. The summed E-state index contributed by atoms with van der Waals surface area (Å²) in [6, 6.07) is 23.3. The quantitative estimate of drug-likeness (QED) is 0.459. The fourth-order valence-electron chi connectivity index (χ4n) is 2.43. The molecule has 3 rings (SSSR count). The van der Waals surface area contributed by atoms with Crippen molar-refractivity contribution in [3.8, 4) is 17.2 Å². The first-order valence-electron chi connectivity index (χ1n) is 9.21. The van der Waals surface area contributed by atoms with Crippen LogP contribution in [0.3, 0.4) is 0 Å². The van der Waals surface area contributed by atoms with Crippen molar-refractivity contribution in [1.29, 1.82) is 0 Å². The van der Waals surface area contributed by atoms with Crippen LogP contribution in [0.1, 0.15) is 6.92 Å². The molecule has 0 saturated heterocycles. The van der Waals surface area contributed by atoms with Crippen LogP contribution in [-0.4, -0.2) is 24.6 Å². The van der Waals surface area contributed by atoms with E-state index in [2.05, 4.69) is 21.2 Å². The number of nitrogens with one attached hydrogen (secondary N) is 1. The van der Waals surface area contributed by atoms with E-state index in [-0.39, 0.29) is 6.61 Å². The molecule has 1 unspecified atom stereocenters. The number of para-hydroxylation sites is 1. The molecule has 1 amide bonds. The van der Waals surface area contributed by atoms with Crippen molar-refractivity contribution in [2.75, 3.05) is 11.9 Å². The first kappa shape index (κ1) is 21.4. The van der Waals surface area contributed by atoms with E-state index in [0.29, 0.717) is 17.2 Å². The zero-order chi connectivity index (χ0) is 21.3. The van der Waals surface area contributed by atoms with Crippen LogP contribution in [0.25, 0.3) is 0 Å². The van der Waals surface area contributed by atoms with Gasteiger partial charge < -0.3 is 19.5 Å². The van der Waals surface area contributed by atoms with Gasteiger partial charge in [-0.25, -0.2) is 4.79 Å². The topological polar surface area (TPSA) is 73.9 Å². The van der Waals surface area contributed by atoms with Crippen LogP contribution in [-0.2, 0) is 14.3 Å². The molecule has 30 heavy (non-hydrogen) atoms. The second-order valence-electron chi connectivity index (χ2n) is 6.30. The molecule has 0 radical (unpaired) electrons. The van der Waals surface area contributed by atoms with Gasteiger partial charge in [0.05, 0.1) is 0 Å². The minimum absolute atomic E-state index is 0.287. The number of hydrogen-bond donors (Lipinski definition) is 1. The Morgan fingerprint density at radius 1 is 0.867 bits per heavy atom. The van der Waals surface area contributed by atoms with Gasteiger partial charge in [0.25, 0.3) is 5.91 Å². The Morgan fingerprint density at radius 2 is 1.47 bits per heavy atom. The zero-order valence-corrected chi connectivity index (χ0v) is 17.8. The number of halogens is 1. The number of carbonyl (C=O) groups excluding carboxylic acids is 2. The molecule has 0 aliphatic heterocycles. The predicted octanol–water partition coefficient (Wildman–Crippen LogP) is 5.19. The van der Waals surface area contributed by atoms with E-state index in [9.17, 15) is 9.59 Å². The Balaban J connectivity index is 1.45. The number of ether oxygens (including phenoxy) is 3. The maximum absolute atomic E-state index is 12.3. The largest absolute Gasteiger partial charge is 0.482 e. The standard InChI is InChI=1S/C23H20BrNO5/c1-16(29-22(26)15-28-19-11-7-17(24)8-12-19)23(27)25-18-9-13-21(14-10-18)30-20-5-3-2-4-6-20/h2-14,16H,15H2,1H3,(H,25,27). The third kappa shape index (κ3) is 6.63. The van der Waals surface area contributed by atoms with Crippen molar-refractivity contribution in [1.82, 2.24) is 0 Å². The summed E-state index contributed by atoms with van der Waals surface area (Å²) in [6.07, 6.45) is -0.966. The summed E-state index contributed by atoms with van der Waals surface area (Å²) in [7, 11) is 0. The van der Waals surface area contributed by atoms with Gasteiger partial charge in [-0.15, -0.1) is 0 Å². The molecule has 6 nitrogen and oxygen atoms in total. The van der Waals surface area contributed by atoms with Crippen molar-refractivity contribution in [3.63, 3.8) is 0 Å². The first-order chi connectivity index (χ1) is 14.5. The maximum atomic E-state index is 12.3. The minimum Gasteiger partial charge on any atom is -0.482 e. The van der Waals surface area contributed by atoms with Gasteiger partial charge in [-0.2, -0.15) is 0 Å². The highest BCUT2D eigenvalue weighted by Crippen LogP contribution is 2.22. The van der Waals surface area contributed by atoms with E-state index in [4.69, 9.17) is 14.2 Å². The number of esters is 1. The first-order valence-corrected chi connectivity index (χ1v) is 10.0. The number of anilines is 1. The molecule has 0 saturated carbocycles. The van der Waals surface area contributed by atoms with Crippen molar-refractivity contribution in [3.05, 3.63) is 83.3 Å². The number of carbonyl (C=O) groups is 2. The number of benzene rings is 3. The molecule has 0 aliphatic rings. The molecular weight excluding hydrogens is 450 g/mol. The molecule has 0 heterocycles. The molecule has 3 aromatic rings. The number of amides is 1. The van der Waals surface area contributed by atoms with Crippen LogP contribution in [0, 0.1) is 0 Å². The Kier molecular flexibility index (Phi) is 7.45. The summed E-state index contributed by atoms with van der Waals surface area (Å²) >= 11 is 3.32. The minimum atomic E-state index is -0.966. The lowest BCUT2D eigenvalue weighted by atomic mass is 10.2. The van der Waals surface area contributed by atoms with Crippen molar-refractivity contribution >= 4 is 33.5 Å². The van der Waals surface area contributed by atoms with Crippen LogP contribution in [0.5, 0.6) is 17.2 Å². The molecule has 3 aromatic carbocycles. The number of rotatable bonds is 8. The van der Waals surface area contributed by atoms with Gasteiger partial charge in [-0.3, -0.25) is 4.79 Å². The van der Waals surface area contributed by atoms with Crippen LogP contribution in [0.2, 0.25) is 0 Å². The predicted molar refractivity (Wildman–Crippen MR) is 117 cm³/mol. The molecule has 0 aromatic heterocycles. The Labute approximate surface area is 182 Å². The lowest BCUT2D eigenvalue weighted by molar-refractivity contribution is -0.155. The van der Waals surface area contributed by atoms with Gasteiger partial charge in [0.2, 0.25) is 0 Å². The van der Waals surface area contributed by atoms with Crippen LogP contribution >= 0.6 is 15.9 Å². The molecule has 0 fully saturated rings. The van der Waals surface area contributed by atoms with E-state index in [1.54, 1.807) is 48.5 Å². The fourth-order valence-corrected chi connectivity index (χ4v) is 2.70. The monoisotopic (exact) mass is 469 g/mol. The molecule has 0 bridgehead atoms. The van der Waals surface area contributed by atoms with Crippen LogP contribution in [0.15, 0.2) is 83.3 Å². The Morgan fingerprint density at radius 3 is 2.13 bits per heavy atom.